The second kappa shape index (κ2) is 10.4. The maximum atomic E-state index is 12.9. The van der Waals surface area contributed by atoms with Crippen LogP contribution in [0.1, 0.15) is 37.0 Å². The quantitative estimate of drug-likeness (QED) is 0.418. The number of hydrogen-bond acceptors (Lipinski definition) is 4. The van der Waals surface area contributed by atoms with Gasteiger partial charge in [0, 0.05) is 62.9 Å². The highest BCUT2D eigenvalue weighted by Gasteiger charge is 2.26. The van der Waals surface area contributed by atoms with Crippen LogP contribution >= 0.6 is 0 Å². The lowest BCUT2D eigenvalue weighted by Crippen LogP contribution is -2.54. The van der Waals surface area contributed by atoms with Gasteiger partial charge in [-0.15, -0.1) is 4.99 Å². The molecular weight excluding hydrogens is 378 g/mol. The molecule has 0 aliphatic carbocycles. The highest BCUT2D eigenvalue weighted by atomic mass is 16.2. The topological polar surface area (TPSA) is 80.8 Å². The molecule has 1 fully saturated rings. The summed E-state index contributed by atoms with van der Waals surface area (Å²) in [4.78, 5) is 27.2. The van der Waals surface area contributed by atoms with E-state index in [2.05, 4.69) is 33.6 Å². The second-order valence-electron chi connectivity index (χ2n) is 7.24. The Kier molecular flexibility index (Phi) is 7.44. The van der Waals surface area contributed by atoms with E-state index in [1.54, 1.807) is 12.5 Å². The Labute approximate surface area is 178 Å². The van der Waals surface area contributed by atoms with Crippen molar-refractivity contribution < 1.29 is 4.79 Å². The lowest BCUT2D eigenvalue weighted by Gasteiger charge is -2.39. The van der Waals surface area contributed by atoms with Gasteiger partial charge in [-0.3, -0.25) is 4.79 Å². The molecule has 0 N–H and O–H groups in total. The first kappa shape index (κ1) is 21.4. The number of imidazole rings is 1. The van der Waals surface area contributed by atoms with E-state index in [0.29, 0.717) is 31.7 Å². The van der Waals surface area contributed by atoms with Crippen molar-refractivity contribution in [1.82, 2.24) is 24.3 Å². The van der Waals surface area contributed by atoms with Crippen molar-refractivity contribution in [3.8, 4) is 11.9 Å². The zero-order valence-corrected chi connectivity index (χ0v) is 17.7. The van der Waals surface area contributed by atoms with Crippen LogP contribution in [0.2, 0.25) is 0 Å². The van der Waals surface area contributed by atoms with Crippen molar-refractivity contribution in [3.05, 3.63) is 48.5 Å². The highest BCUT2D eigenvalue weighted by molar-refractivity contribution is 5.94. The van der Waals surface area contributed by atoms with Crippen LogP contribution in [0.15, 0.2) is 48.0 Å². The average Bonchev–Trinajstić information content (AvgIpc) is 3.33. The molecule has 0 atom stereocenters. The molecule has 158 valence electrons. The van der Waals surface area contributed by atoms with Gasteiger partial charge in [-0.1, -0.05) is 13.3 Å². The fourth-order valence-electron chi connectivity index (χ4n) is 3.61. The summed E-state index contributed by atoms with van der Waals surface area (Å²) in [5.41, 5.74) is 1.65. The van der Waals surface area contributed by atoms with Crippen molar-refractivity contribution >= 4 is 11.9 Å². The highest BCUT2D eigenvalue weighted by Crippen LogP contribution is 2.14. The van der Waals surface area contributed by atoms with Gasteiger partial charge < -0.3 is 19.3 Å². The molecule has 0 unspecified atom stereocenters. The molecule has 1 aliphatic heterocycles. The van der Waals surface area contributed by atoms with Gasteiger partial charge in [-0.25, -0.2) is 4.98 Å². The van der Waals surface area contributed by atoms with Crippen molar-refractivity contribution in [3.63, 3.8) is 0 Å². The third-order valence-corrected chi connectivity index (χ3v) is 5.36. The van der Waals surface area contributed by atoms with E-state index in [0.717, 1.165) is 37.6 Å². The molecule has 0 bridgehead atoms. The van der Waals surface area contributed by atoms with E-state index in [4.69, 9.17) is 5.26 Å². The third-order valence-electron chi connectivity index (χ3n) is 5.36. The van der Waals surface area contributed by atoms with Gasteiger partial charge in [0.15, 0.2) is 0 Å². The maximum Gasteiger partial charge on any atom is 0.253 e. The van der Waals surface area contributed by atoms with E-state index >= 15 is 0 Å². The molecule has 0 radical (unpaired) electrons. The number of rotatable bonds is 6. The summed E-state index contributed by atoms with van der Waals surface area (Å²) in [5.74, 6) is 0.758. The molecular formula is C22H29N7O. The molecule has 0 spiro atoms. The fourth-order valence-corrected chi connectivity index (χ4v) is 3.61. The molecule has 2 aromatic rings. The zero-order chi connectivity index (χ0) is 21.3. The third kappa shape index (κ3) is 4.98. The van der Waals surface area contributed by atoms with Gasteiger partial charge >= 0.3 is 0 Å². The number of carbonyl (C=O) groups excluding carboxylic acids is 1. The minimum atomic E-state index is 0.0314. The van der Waals surface area contributed by atoms with Gasteiger partial charge in [0.05, 0.1) is 6.33 Å². The monoisotopic (exact) mass is 407 g/mol. The van der Waals surface area contributed by atoms with Crippen LogP contribution in [-0.4, -0.2) is 75.4 Å². The van der Waals surface area contributed by atoms with E-state index < -0.39 is 0 Å². The van der Waals surface area contributed by atoms with Gasteiger partial charge in [-0.05, 0) is 37.6 Å². The molecule has 3 rings (SSSR count). The SMILES string of the molecule is CCCCN(CC)/C(=N/C#N)N1CCN(C(=O)c2ccc(-n3ccnc3)cc2)CC1. The first-order chi connectivity index (χ1) is 14.7. The Morgan fingerprint density at radius 2 is 1.87 bits per heavy atom. The van der Waals surface area contributed by atoms with E-state index in [-0.39, 0.29) is 5.91 Å². The van der Waals surface area contributed by atoms with E-state index in [9.17, 15) is 4.79 Å². The standard InChI is InChI=1S/C22H29N7O/c1-3-5-11-26(4-2)22(25-17-23)28-15-13-27(14-16-28)21(30)19-6-8-20(9-7-19)29-12-10-24-18-29/h6-10,12,18H,3-5,11,13-16H2,1-2H3/b25-22-. The Morgan fingerprint density at radius 1 is 1.17 bits per heavy atom. The van der Waals surface area contributed by atoms with Crippen LogP contribution in [0.4, 0.5) is 0 Å². The molecule has 1 aromatic heterocycles. The summed E-state index contributed by atoms with van der Waals surface area (Å²) in [5, 5.41) is 9.16. The van der Waals surface area contributed by atoms with Crippen LogP contribution in [-0.2, 0) is 0 Å². The van der Waals surface area contributed by atoms with Crippen LogP contribution in [0.25, 0.3) is 5.69 Å². The Balaban J connectivity index is 1.62. The van der Waals surface area contributed by atoms with Gasteiger partial charge in [0.25, 0.3) is 5.91 Å². The Morgan fingerprint density at radius 3 is 2.43 bits per heavy atom. The summed E-state index contributed by atoms with van der Waals surface area (Å²) in [6.07, 6.45) is 9.44. The molecule has 1 aromatic carbocycles. The van der Waals surface area contributed by atoms with Crippen LogP contribution < -0.4 is 0 Å². The van der Waals surface area contributed by atoms with E-state index in [1.165, 1.54) is 0 Å². The molecule has 30 heavy (non-hydrogen) atoms. The molecule has 8 heteroatoms. The predicted octanol–water partition coefficient (Wildman–Crippen LogP) is 2.59. The number of unbranched alkanes of at least 4 members (excludes halogenated alkanes) is 1. The maximum absolute atomic E-state index is 12.9. The largest absolute Gasteiger partial charge is 0.342 e. The number of amides is 1. The molecule has 1 aliphatic rings. The van der Waals surface area contributed by atoms with Gasteiger partial charge in [0.1, 0.15) is 0 Å². The lowest BCUT2D eigenvalue weighted by atomic mass is 10.1. The predicted molar refractivity (Wildman–Crippen MR) is 116 cm³/mol. The first-order valence-corrected chi connectivity index (χ1v) is 10.5. The number of aromatic nitrogens is 2. The summed E-state index contributed by atoms with van der Waals surface area (Å²) in [6.45, 7) is 8.48. The van der Waals surface area contributed by atoms with Crippen molar-refractivity contribution in [2.45, 2.75) is 26.7 Å². The van der Waals surface area contributed by atoms with Gasteiger partial charge in [-0.2, -0.15) is 5.26 Å². The summed E-state index contributed by atoms with van der Waals surface area (Å²) in [7, 11) is 0. The number of aliphatic imine (C=N–C) groups is 1. The Hall–Kier alpha value is -3.34. The molecule has 8 nitrogen and oxygen atoms in total. The molecule has 1 saturated heterocycles. The van der Waals surface area contributed by atoms with Crippen molar-refractivity contribution in [2.75, 3.05) is 39.3 Å². The zero-order valence-electron chi connectivity index (χ0n) is 17.7. The lowest BCUT2D eigenvalue weighted by molar-refractivity contribution is 0.0683. The van der Waals surface area contributed by atoms with Crippen LogP contribution in [0.5, 0.6) is 0 Å². The smallest absolute Gasteiger partial charge is 0.253 e. The van der Waals surface area contributed by atoms with Crippen molar-refractivity contribution in [2.24, 2.45) is 4.99 Å². The summed E-state index contributed by atoms with van der Waals surface area (Å²) < 4.78 is 1.90. The summed E-state index contributed by atoms with van der Waals surface area (Å²) >= 11 is 0. The number of benzene rings is 1. The number of nitriles is 1. The van der Waals surface area contributed by atoms with Crippen molar-refractivity contribution in [1.29, 1.82) is 5.26 Å². The molecule has 0 saturated carbocycles. The molecule has 1 amide bonds. The number of piperazine rings is 1. The number of hydrogen-bond donors (Lipinski definition) is 0. The Bertz CT molecular complexity index is 875. The average molecular weight is 408 g/mol. The number of carbonyl (C=O) groups is 1. The minimum absolute atomic E-state index is 0.0314. The van der Waals surface area contributed by atoms with Gasteiger partial charge in [0.2, 0.25) is 12.2 Å². The first-order valence-electron chi connectivity index (χ1n) is 10.5. The summed E-state index contributed by atoms with van der Waals surface area (Å²) in [6, 6.07) is 7.57. The fraction of sp³-hybridized carbons (Fsp3) is 0.455. The van der Waals surface area contributed by atoms with Crippen LogP contribution in [0.3, 0.4) is 0 Å². The van der Waals surface area contributed by atoms with Crippen LogP contribution in [0, 0.1) is 11.5 Å². The second-order valence-corrected chi connectivity index (χ2v) is 7.24. The number of guanidine groups is 1. The van der Waals surface area contributed by atoms with E-state index in [1.807, 2.05) is 46.1 Å². The minimum Gasteiger partial charge on any atom is -0.342 e. The number of nitrogens with zero attached hydrogens (tertiary/aromatic N) is 7. The normalized spacial score (nSPS) is 14.5. The molecule has 2 heterocycles.